The normalized spacial score (nSPS) is 10.5. The number of hydrogen-bond donors (Lipinski definition) is 0. The van der Waals surface area contributed by atoms with Gasteiger partial charge in [0.15, 0.2) is 11.5 Å². The molecule has 3 rings (SSSR count). The molecule has 0 amide bonds. The number of para-hydroxylation sites is 1. The lowest BCUT2D eigenvalue weighted by molar-refractivity contribution is 0.300. The molecule has 0 saturated carbocycles. The summed E-state index contributed by atoms with van der Waals surface area (Å²) < 4.78 is 17.6. The van der Waals surface area contributed by atoms with Crippen LogP contribution in [-0.2, 0) is 6.61 Å². The zero-order chi connectivity index (χ0) is 16.9. The molecule has 6 heteroatoms. The molecule has 1 heterocycles. The first-order valence-electron chi connectivity index (χ1n) is 7.25. The Bertz CT molecular complexity index is 835. The fourth-order valence-corrected chi connectivity index (χ4v) is 3.53. The second-order valence-electron chi connectivity index (χ2n) is 4.93. The molecule has 124 valence electrons. The molecule has 0 aliphatic carbocycles. The maximum Gasteiger partial charge on any atom is 0.161 e. The van der Waals surface area contributed by atoms with E-state index < -0.39 is 0 Å². The fourth-order valence-electron chi connectivity index (χ4n) is 2.19. The van der Waals surface area contributed by atoms with E-state index in [1.807, 2.05) is 47.8 Å². The number of methoxy groups -OCH3 is 2. The number of halogens is 1. The van der Waals surface area contributed by atoms with Gasteiger partial charge in [-0.15, -0.1) is 11.3 Å². The molecule has 0 N–H and O–H groups in total. The fraction of sp³-hybridized carbons (Fsp3) is 0.167. The van der Waals surface area contributed by atoms with Gasteiger partial charge in [0.1, 0.15) is 17.4 Å². The SMILES string of the molecule is COc1ccc(-c2nc(COc3ccccc3I)cs2)cc1OC. The maximum atomic E-state index is 5.85. The quantitative estimate of drug-likeness (QED) is 0.492. The van der Waals surface area contributed by atoms with Crippen LogP contribution in [0.1, 0.15) is 5.69 Å². The van der Waals surface area contributed by atoms with Crippen molar-refractivity contribution in [2.24, 2.45) is 0 Å². The summed E-state index contributed by atoms with van der Waals surface area (Å²) in [6.45, 7) is 0.448. The second-order valence-corrected chi connectivity index (χ2v) is 6.95. The average Bonchev–Trinajstić information content (AvgIpc) is 3.09. The smallest absolute Gasteiger partial charge is 0.161 e. The molecule has 1 aromatic heterocycles. The highest BCUT2D eigenvalue weighted by molar-refractivity contribution is 14.1. The molecule has 0 fully saturated rings. The number of hydrogen-bond acceptors (Lipinski definition) is 5. The number of thiazole rings is 1. The topological polar surface area (TPSA) is 40.6 Å². The first kappa shape index (κ1) is 17.0. The van der Waals surface area contributed by atoms with Gasteiger partial charge in [-0.3, -0.25) is 0 Å². The van der Waals surface area contributed by atoms with Crippen LogP contribution in [0.5, 0.6) is 17.2 Å². The second kappa shape index (κ2) is 7.85. The standard InChI is InChI=1S/C18H16INO3S/c1-21-16-8-7-12(9-17(16)22-2)18-20-13(11-24-18)10-23-15-6-4-3-5-14(15)19/h3-9,11H,10H2,1-2H3. The van der Waals surface area contributed by atoms with Gasteiger partial charge in [0.05, 0.1) is 23.5 Å². The van der Waals surface area contributed by atoms with Crippen molar-refractivity contribution >= 4 is 33.9 Å². The summed E-state index contributed by atoms with van der Waals surface area (Å²) in [5.74, 6) is 2.28. The average molecular weight is 453 g/mol. The van der Waals surface area contributed by atoms with Crippen LogP contribution in [0.3, 0.4) is 0 Å². The van der Waals surface area contributed by atoms with Crippen molar-refractivity contribution < 1.29 is 14.2 Å². The molecule has 3 aromatic rings. The van der Waals surface area contributed by atoms with E-state index in [1.54, 1.807) is 25.6 Å². The molecule has 0 unspecified atom stereocenters. The van der Waals surface area contributed by atoms with Crippen LogP contribution in [0.15, 0.2) is 47.8 Å². The third kappa shape index (κ3) is 3.81. The Morgan fingerprint density at radius 1 is 1.00 bits per heavy atom. The van der Waals surface area contributed by atoms with Gasteiger partial charge in [0.2, 0.25) is 0 Å². The monoisotopic (exact) mass is 453 g/mol. The first-order valence-corrected chi connectivity index (χ1v) is 9.21. The number of rotatable bonds is 6. The van der Waals surface area contributed by atoms with E-state index >= 15 is 0 Å². The van der Waals surface area contributed by atoms with E-state index in [2.05, 4.69) is 27.6 Å². The van der Waals surface area contributed by atoms with Gasteiger partial charge in [-0.05, 0) is 52.9 Å². The molecule has 2 aromatic carbocycles. The number of ether oxygens (including phenoxy) is 3. The minimum absolute atomic E-state index is 0.448. The molecule has 4 nitrogen and oxygen atoms in total. The van der Waals surface area contributed by atoms with Crippen molar-refractivity contribution in [2.75, 3.05) is 14.2 Å². The molecule has 24 heavy (non-hydrogen) atoms. The van der Waals surface area contributed by atoms with E-state index in [1.165, 1.54) is 0 Å². The van der Waals surface area contributed by atoms with Gasteiger partial charge < -0.3 is 14.2 Å². The van der Waals surface area contributed by atoms with Gasteiger partial charge in [-0.2, -0.15) is 0 Å². The Balaban J connectivity index is 1.75. The van der Waals surface area contributed by atoms with E-state index in [-0.39, 0.29) is 0 Å². The lowest BCUT2D eigenvalue weighted by atomic mass is 10.2. The first-order chi connectivity index (χ1) is 11.7. The Hall–Kier alpha value is -1.80. The number of aromatic nitrogens is 1. The van der Waals surface area contributed by atoms with Crippen molar-refractivity contribution in [3.8, 4) is 27.8 Å². The van der Waals surface area contributed by atoms with E-state index in [9.17, 15) is 0 Å². The highest BCUT2D eigenvalue weighted by Gasteiger charge is 2.10. The third-order valence-corrected chi connectivity index (χ3v) is 5.23. The lowest BCUT2D eigenvalue weighted by Gasteiger charge is -2.08. The molecule has 0 atom stereocenters. The minimum Gasteiger partial charge on any atom is -0.493 e. The molecule has 0 radical (unpaired) electrons. The summed E-state index contributed by atoms with van der Waals surface area (Å²) in [6, 6.07) is 13.7. The van der Waals surface area contributed by atoms with Crippen LogP contribution >= 0.6 is 33.9 Å². The van der Waals surface area contributed by atoms with E-state index in [4.69, 9.17) is 14.2 Å². The third-order valence-electron chi connectivity index (χ3n) is 3.39. The molecule has 0 aliphatic heterocycles. The van der Waals surface area contributed by atoms with Crippen LogP contribution in [0.2, 0.25) is 0 Å². The molecular formula is C18H16INO3S. The Morgan fingerprint density at radius 2 is 1.79 bits per heavy atom. The van der Waals surface area contributed by atoms with Gasteiger partial charge in [-0.25, -0.2) is 4.98 Å². The van der Waals surface area contributed by atoms with Gasteiger partial charge >= 0.3 is 0 Å². The van der Waals surface area contributed by atoms with Crippen molar-refractivity contribution in [1.82, 2.24) is 4.98 Å². The predicted molar refractivity (Wildman–Crippen MR) is 104 cm³/mol. The summed E-state index contributed by atoms with van der Waals surface area (Å²) >= 11 is 3.85. The summed E-state index contributed by atoms with van der Waals surface area (Å²) in [4.78, 5) is 4.65. The number of benzene rings is 2. The Kier molecular flexibility index (Phi) is 5.57. The molecular weight excluding hydrogens is 437 g/mol. The van der Waals surface area contributed by atoms with E-state index in [0.29, 0.717) is 18.1 Å². The Morgan fingerprint density at radius 3 is 2.54 bits per heavy atom. The van der Waals surface area contributed by atoms with Gasteiger partial charge in [0, 0.05) is 10.9 Å². The molecule has 0 aliphatic rings. The van der Waals surface area contributed by atoms with Crippen LogP contribution in [0, 0.1) is 3.57 Å². The van der Waals surface area contributed by atoms with E-state index in [0.717, 1.165) is 25.6 Å². The summed E-state index contributed by atoms with van der Waals surface area (Å²) in [6.07, 6.45) is 0. The molecule has 0 spiro atoms. The minimum atomic E-state index is 0.448. The summed E-state index contributed by atoms with van der Waals surface area (Å²) in [5.41, 5.74) is 1.91. The van der Waals surface area contributed by atoms with Gasteiger partial charge in [-0.1, -0.05) is 12.1 Å². The van der Waals surface area contributed by atoms with Crippen LogP contribution < -0.4 is 14.2 Å². The Labute approximate surface area is 158 Å². The van der Waals surface area contributed by atoms with Gasteiger partial charge in [0.25, 0.3) is 0 Å². The van der Waals surface area contributed by atoms with Crippen molar-refractivity contribution in [1.29, 1.82) is 0 Å². The highest BCUT2D eigenvalue weighted by Crippen LogP contribution is 2.33. The zero-order valence-electron chi connectivity index (χ0n) is 13.3. The zero-order valence-corrected chi connectivity index (χ0v) is 16.3. The lowest BCUT2D eigenvalue weighted by Crippen LogP contribution is -1.97. The van der Waals surface area contributed by atoms with Crippen LogP contribution in [0.25, 0.3) is 10.6 Å². The largest absolute Gasteiger partial charge is 0.493 e. The highest BCUT2D eigenvalue weighted by atomic mass is 127. The predicted octanol–water partition coefficient (Wildman–Crippen LogP) is 5.01. The summed E-state index contributed by atoms with van der Waals surface area (Å²) in [5, 5.41) is 2.94. The number of nitrogens with zero attached hydrogens (tertiary/aromatic N) is 1. The molecule has 0 saturated heterocycles. The van der Waals surface area contributed by atoms with Crippen LogP contribution in [-0.4, -0.2) is 19.2 Å². The van der Waals surface area contributed by atoms with Crippen molar-refractivity contribution in [3.63, 3.8) is 0 Å². The van der Waals surface area contributed by atoms with Crippen molar-refractivity contribution in [3.05, 3.63) is 57.1 Å². The van der Waals surface area contributed by atoms with Crippen molar-refractivity contribution in [2.45, 2.75) is 6.61 Å². The summed E-state index contributed by atoms with van der Waals surface area (Å²) in [7, 11) is 3.26. The van der Waals surface area contributed by atoms with Crippen LogP contribution in [0.4, 0.5) is 0 Å². The molecule has 0 bridgehead atoms. The maximum absolute atomic E-state index is 5.85.